The van der Waals surface area contributed by atoms with Gasteiger partial charge in [-0.2, -0.15) is 5.10 Å². The highest BCUT2D eigenvalue weighted by Crippen LogP contribution is 2.24. The molecule has 0 aromatic carbocycles. The molecule has 1 aliphatic heterocycles. The first kappa shape index (κ1) is 11.1. The van der Waals surface area contributed by atoms with Crippen molar-refractivity contribution in [2.45, 2.75) is 12.5 Å². The van der Waals surface area contributed by atoms with E-state index in [0.29, 0.717) is 17.5 Å². The van der Waals surface area contributed by atoms with Gasteiger partial charge in [-0.15, -0.1) is 0 Å². The van der Waals surface area contributed by atoms with Gasteiger partial charge >= 0.3 is 11.9 Å². The van der Waals surface area contributed by atoms with E-state index in [4.69, 9.17) is 4.74 Å². The van der Waals surface area contributed by atoms with E-state index in [1.54, 1.807) is 6.20 Å². The van der Waals surface area contributed by atoms with Crippen LogP contribution < -0.4 is 0 Å². The summed E-state index contributed by atoms with van der Waals surface area (Å²) in [6.07, 6.45) is 2.14. The van der Waals surface area contributed by atoms with Crippen LogP contribution in [0.25, 0.3) is 0 Å². The highest BCUT2D eigenvalue weighted by atomic mass is 79.9. The summed E-state index contributed by atoms with van der Waals surface area (Å²) in [5.74, 6) is -0.872. The summed E-state index contributed by atoms with van der Waals surface area (Å²) < 4.78 is 11.3. The van der Waals surface area contributed by atoms with E-state index in [1.807, 2.05) is 0 Å². The number of esters is 2. The Bertz CT molecular complexity index is 443. The number of nitrogens with zero attached hydrogens (tertiary/aromatic N) is 2. The van der Waals surface area contributed by atoms with Crippen molar-refractivity contribution in [3.05, 3.63) is 16.4 Å². The number of halogens is 1. The zero-order chi connectivity index (χ0) is 11.7. The zero-order valence-electron chi connectivity index (χ0n) is 8.47. The van der Waals surface area contributed by atoms with Crippen molar-refractivity contribution in [3.8, 4) is 0 Å². The van der Waals surface area contributed by atoms with E-state index in [9.17, 15) is 9.59 Å². The first-order chi connectivity index (χ1) is 7.63. The van der Waals surface area contributed by atoms with E-state index in [2.05, 4.69) is 25.8 Å². The van der Waals surface area contributed by atoms with Crippen molar-refractivity contribution in [3.63, 3.8) is 0 Å². The Labute approximate surface area is 99.6 Å². The maximum atomic E-state index is 11.3. The third kappa shape index (κ3) is 1.82. The van der Waals surface area contributed by atoms with Gasteiger partial charge in [0, 0.05) is 12.6 Å². The molecule has 2 rings (SSSR count). The summed E-state index contributed by atoms with van der Waals surface area (Å²) in [6.45, 7) is 0.383. The van der Waals surface area contributed by atoms with Crippen molar-refractivity contribution < 1.29 is 19.1 Å². The van der Waals surface area contributed by atoms with Gasteiger partial charge in [0.05, 0.1) is 18.2 Å². The molecule has 0 aliphatic carbocycles. The second-order valence-corrected chi connectivity index (χ2v) is 4.12. The van der Waals surface area contributed by atoms with Crippen LogP contribution in [-0.4, -0.2) is 35.4 Å². The van der Waals surface area contributed by atoms with E-state index in [1.165, 1.54) is 11.8 Å². The van der Waals surface area contributed by atoms with E-state index in [-0.39, 0.29) is 11.7 Å². The quantitative estimate of drug-likeness (QED) is 0.757. The van der Waals surface area contributed by atoms with Crippen molar-refractivity contribution in [1.29, 1.82) is 0 Å². The largest absolute Gasteiger partial charge is 0.464 e. The Kier molecular flexibility index (Phi) is 2.95. The fraction of sp³-hybridized carbons (Fsp3) is 0.444. The minimum atomic E-state index is -0.544. The molecule has 1 fully saturated rings. The molecular weight excluding hydrogens is 280 g/mol. The highest BCUT2D eigenvalue weighted by molar-refractivity contribution is 9.10. The monoisotopic (exact) mass is 288 g/mol. The lowest BCUT2D eigenvalue weighted by Crippen LogP contribution is -2.15. The highest BCUT2D eigenvalue weighted by Gasteiger charge is 2.30. The maximum Gasteiger partial charge on any atom is 0.359 e. The molecule has 16 heavy (non-hydrogen) atoms. The molecule has 86 valence electrons. The summed E-state index contributed by atoms with van der Waals surface area (Å²) in [5, 5.41) is 4.01. The fourth-order valence-electron chi connectivity index (χ4n) is 1.49. The number of rotatable bonds is 2. The Hall–Kier alpha value is -1.37. The molecule has 0 bridgehead atoms. The smallest absolute Gasteiger partial charge is 0.359 e. The van der Waals surface area contributed by atoms with Gasteiger partial charge in [-0.3, -0.25) is 4.68 Å². The van der Waals surface area contributed by atoms with Crippen LogP contribution in [-0.2, 0) is 14.3 Å². The van der Waals surface area contributed by atoms with Gasteiger partial charge in [0.25, 0.3) is 0 Å². The van der Waals surface area contributed by atoms with Crippen LogP contribution in [0, 0.1) is 0 Å². The molecular formula is C9H9BrN2O4. The second kappa shape index (κ2) is 4.25. The third-order valence-corrected chi connectivity index (χ3v) is 2.87. The number of hydrogen-bond acceptors (Lipinski definition) is 5. The normalized spacial score (nSPS) is 19.6. The van der Waals surface area contributed by atoms with Gasteiger partial charge in [-0.1, -0.05) is 0 Å². The van der Waals surface area contributed by atoms with E-state index in [0.717, 1.165) is 0 Å². The van der Waals surface area contributed by atoms with Crippen molar-refractivity contribution >= 4 is 27.9 Å². The van der Waals surface area contributed by atoms with E-state index < -0.39 is 12.0 Å². The Morgan fingerprint density at radius 1 is 1.75 bits per heavy atom. The van der Waals surface area contributed by atoms with Gasteiger partial charge in [-0.25, -0.2) is 9.59 Å². The van der Waals surface area contributed by atoms with Gasteiger partial charge in [0.1, 0.15) is 0 Å². The van der Waals surface area contributed by atoms with Crippen molar-refractivity contribution in [2.24, 2.45) is 0 Å². The van der Waals surface area contributed by atoms with Crippen LogP contribution >= 0.6 is 15.9 Å². The van der Waals surface area contributed by atoms with Crippen LogP contribution in [0.4, 0.5) is 0 Å². The van der Waals surface area contributed by atoms with Gasteiger partial charge in [0.15, 0.2) is 11.7 Å². The molecule has 0 N–H and O–H groups in total. The molecule has 1 atom stereocenters. The van der Waals surface area contributed by atoms with E-state index >= 15 is 0 Å². The number of carbonyl (C=O) groups excluding carboxylic acids is 2. The first-order valence-corrected chi connectivity index (χ1v) is 5.42. The predicted molar refractivity (Wildman–Crippen MR) is 55.9 cm³/mol. The van der Waals surface area contributed by atoms with Gasteiger partial charge in [-0.05, 0) is 15.9 Å². The molecule has 1 aromatic heterocycles. The molecule has 7 heteroatoms. The number of aromatic nitrogens is 2. The minimum Gasteiger partial charge on any atom is -0.464 e. The van der Waals surface area contributed by atoms with Crippen LogP contribution in [0.5, 0.6) is 0 Å². The molecule has 0 saturated carbocycles. The Morgan fingerprint density at radius 3 is 3.06 bits per heavy atom. The fourth-order valence-corrected chi connectivity index (χ4v) is 1.94. The first-order valence-electron chi connectivity index (χ1n) is 4.63. The average Bonchev–Trinajstić information content (AvgIpc) is 2.83. The average molecular weight is 289 g/mol. The number of hydrogen-bond donors (Lipinski definition) is 0. The topological polar surface area (TPSA) is 70.4 Å². The number of cyclic esters (lactones) is 1. The lowest BCUT2D eigenvalue weighted by atomic mass is 10.3. The Morgan fingerprint density at radius 2 is 2.50 bits per heavy atom. The van der Waals surface area contributed by atoms with Gasteiger partial charge < -0.3 is 9.47 Å². The zero-order valence-corrected chi connectivity index (χ0v) is 10.1. The molecule has 0 radical (unpaired) electrons. The summed E-state index contributed by atoms with van der Waals surface area (Å²) >= 11 is 3.19. The summed E-state index contributed by atoms with van der Waals surface area (Å²) in [5.41, 5.74) is 0.155. The van der Waals surface area contributed by atoms with Crippen LogP contribution in [0.2, 0.25) is 0 Å². The van der Waals surface area contributed by atoms with Crippen LogP contribution in [0.1, 0.15) is 23.0 Å². The lowest BCUT2D eigenvalue weighted by molar-refractivity contribution is -0.140. The number of methoxy groups -OCH3 is 1. The predicted octanol–water partition coefficient (Wildman–Crippen LogP) is 0.920. The SMILES string of the molecule is COC(=O)c1nn(C2CCOC2=O)cc1Br. The van der Waals surface area contributed by atoms with Crippen molar-refractivity contribution in [1.82, 2.24) is 9.78 Å². The molecule has 0 amide bonds. The molecule has 6 nitrogen and oxygen atoms in total. The molecule has 0 spiro atoms. The second-order valence-electron chi connectivity index (χ2n) is 3.27. The van der Waals surface area contributed by atoms with Crippen molar-refractivity contribution in [2.75, 3.05) is 13.7 Å². The summed E-state index contributed by atoms with van der Waals surface area (Å²) in [7, 11) is 1.28. The lowest BCUT2D eigenvalue weighted by Gasteiger charge is -2.04. The number of ether oxygens (including phenoxy) is 2. The van der Waals surface area contributed by atoms with Crippen LogP contribution in [0.3, 0.4) is 0 Å². The third-order valence-electron chi connectivity index (χ3n) is 2.29. The minimum absolute atomic E-state index is 0.155. The maximum absolute atomic E-state index is 11.3. The van der Waals surface area contributed by atoms with Gasteiger partial charge in [0.2, 0.25) is 0 Å². The Balaban J connectivity index is 2.30. The molecule has 1 unspecified atom stereocenters. The molecule has 1 aliphatic rings. The molecule has 2 heterocycles. The summed E-state index contributed by atoms with van der Waals surface area (Å²) in [6, 6.07) is -0.449. The molecule has 1 saturated heterocycles. The summed E-state index contributed by atoms with van der Waals surface area (Å²) in [4.78, 5) is 22.6. The molecule has 1 aromatic rings. The number of carbonyl (C=O) groups is 2. The van der Waals surface area contributed by atoms with Crippen LogP contribution in [0.15, 0.2) is 10.7 Å². The standard InChI is InChI=1S/C9H9BrN2O4/c1-15-9(14)7-5(10)4-12(11-7)6-2-3-16-8(6)13/h4,6H,2-3H2,1H3.